The van der Waals surface area contributed by atoms with Crippen LogP contribution in [0.5, 0.6) is 5.75 Å². The van der Waals surface area contributed by atoms with E-state index in [9.17, 15) is 9.59 Å². The van der Waals surface area contributed by atoms with E-state index < -0.39 is 0 Å². The number of anilines is 1. The van der Waals surface area contributed by atoms with Crippen molar-refractivity contribution in [3.8, 4) is 5.75 Å². The van der Waals surface area contributed by atoms with E-state index in [1.807, 2.05) is 62.4 Å². The van der Waals surface area contributed by atoms with Crippen LogP contribution in [0.4, 0.5) is 5.69 Å². The van der Waals surface area contributed by atoms with E-state index in [0.29, 0.717) is 23.0 Å². The van der Waals surface area contributed by atoms with Gasteiger partial charge in [-0.15, -0.1) is 10.2 Å². The third-order valence-electron chi connectivity index (χ3n) is 5.15. The molecule has 7 nitrogen and oxygen atoms in total. The van der Waals surface area contributed by atoms with Gasteiger partial charge in [0.25, 0.3) is 11.8 Å². The number of ether oxygens (including phenoxy) is 1. The Bertz CT molecular complexity index is 1080. The van der Waals surface area contributed by atoms with Crippen LogP contribution in [0.3, 0.4) is 0 Å². The highest BCUT2D eigenvalue weighted by molar-refractivity contribution is 7.13. The Morgan fingerprint density at radius 2 is 1.94 bits per heavy atom. The molecule has 1 unspecified atom stereocenters. The van der Waals surface area contributed by atoms with E-state index in [2.05, 4.69) is 15.5 Å². The van der Waals surface area contributed by atoms with E-state index in [1.165, 1.54) is 11.3 Å². The number of aryl methyl sites for hydroxylation is 2. The number of carbonyl (C=O) groups is 2. The zero-order valence-corrected chi connectivity index (χ0v) is 18.3. The molecule has 1 aliphatic rings. The normalized spacial score (nSPS) is 15.7. The quantitative estimate of drug-likeness (QED) is 0.628. The zero-order chi connectivity index (χ0) is 21.8. The molecule has 160 valence electrons. The van der Waals surface area contributed by atoms with Crippen molar-refractivity contribution in [1.29, 1.82) is 0 Å². The summed E-state index contributed by atoms with van der Waals surface area (Å²) in [5, 5.41) is 12.1. The summed E-state index contributed by atoms with van der Waals surface area (Å²) in [6.45, 7) is 4.58. The maximum Gasteiger partial charge on any atom is 0.286 e. The van der Waals surface area contributed by atoms with Crippen LogP contribution >= 0.6 is 11.3 Å². The van der Waals surface area contributed by atoms with Gasteiger partial charge in [0.05, 0.1) is 6.04 Å². The summed E-state index contributed by atoms with van der Waals surface area (Å²) in [4.78, 5) is 27.1. The van der Waals surface area contributed by atoms with Gasteiger partial charge >= 0.3 is 0 Å². The Morgan fingerprint density at radius 1 is 1.13 bits per heavy atom. The fraction of sp³-hybridized carbons (Fsp3) is 0.304. The fourth-order valence-electron chi connectivity index (χ4n) is 3.54. The van der Waals surface area contributed by atoms with Crippen molar-refractivity contribution in [1.82, 2.24) is 15.1 Å². The maximum absolute atomic E-state index is 12.8. The van der Waals surface area contributed by atoms with E-state index in [4.69, 9.17) is 4.74 Å². The largest absolute Gasteiger partial charge is 0.484 e. The Labute approximate surface area is 185 Å². The van der Waals surface area contributed by atoms with Gasteiger partial charge in [-0.25, -0.2) is 0 Å². The minimum absolute atomic E-state index is 0.0282. The highest BCUT2D eigenvalue weighted by Crippen LogP contribution is 2.34. The average molecular weight is 437 g/mol. The first kappa shape index (κ1) is 21.0. The molecule has 2 heterocycles. The molecule has 0 saturated carbocycles. The van der Waals surface area contributed by atoms with Crippen molar-refractivity contribution in [2.45, 2.75) is 32.7 Å². The van der Waals surface area contributed by atoms with Crippen LogP contribution in [0, 0.1) is 13.8 Å². The number of rotatable bonds is 6. The lowest BCUT2D eigenvalue weighted by Gasteiger charge is -2.22. The van der Waals surface area contributed by atoms with Crippen LogP contribution in [-0.4, -0.2) is 40.1 Å². The molecule has 0 aliphatic carbocycles. The molecule has 0 spiro atoms. The summed E-state index contributed by atoms with van der Waals surface area (Å²) in [6.07, 6.45) is 1.68. The molecule has 0 bridgehead atoms. The van der Waals surface area contributed by atoms with Crippen LogP contribution in [-0.2, 0) is 4.79 Å². The number of benzene rings is 2. The van der Waals surface area contributed by atoms with Gasteiger partial charge in [0.1, 0.15) is 10.8 Å². The second kappa shape index (κ2) is 9.26. The molecule has 8 heteroatoms. The number of carbonyl (C=O) groups excluding carboxylic acids is 2. The van der Waals surface area contributed by atoms with Crippen LogP contribution in [0.1, 0.15) is 44.8 Å². The Balaban J connectivity index is 1.39. The van der Waals surface area contributed by atoms with E-state index in [0.717, 1.165) is 24.0 Å². The summed E-state index contributed by atoms with van der Waals surface area (Å²) >= 11 is 1.23. The lowest BCUT2D eigenvalue weighted by molar-refractivity contribution is -0.134. The van der Waals surface area contributed by atoms with Gasteiger partial charge in [-0.05, 0) is 56.5 Å². The van der Waals surface area contributed by atoms with Gasteiger partial charge in [0.15, 0.2) is 6.61 Å². The number of hydrogen-bond acceptors (Lipinski definition) is 6. The molecule has 0 radical (unpaired) electrons. The Morgan fingerprint density at radius 3 is 2.71 bits per heavy atom. The standard InChI is InChI=1S/C23H24N4O3S/c1-15-8-10-17(11-9-15)24-21(29)23-26-25-22(31-23)19-7-4-12-27(19)20(28)14-30-18-6-3-5-16(2)13-18/h3,5-6,8-11,13,19H,4,7,12,14H2,1-2H3,(H,24,29). The number of nitrogens with one attached hydrogen (secondary N) is 1. The van der Waals surface area contributed by atoms with Gasteiger partial charge in [-0.2, -0.15) is 0 Å². The highest BCUT2D eigenvalue weighted by Gasteiger charge is 2.33. The topological polar surface area (TPSA) is 84.4 Å². The van der Waals surface area contributed by atoms with E-state index in [-0.39, 0.29) is 29.5 Å². The minimum atomic E-state index is -0.300. The summed E-state index contributed by atoms with van der Waals surface area (Å²) in [5.41, 5.74) is 2.90. The zero-order valence-electron chi connectivity index (χ0n) is 17.5. The molecule has 2 aromatic carbocycles. The van der Waals surface area contributed by atoms with Crippen LogP contribution in [0.25, 0.3) is 0 Å². The first-order valence-corrected chi connectivity index (χ1v) is 11.0. The van der Waals surface area contributed by atoms with Gasteiger partial charge in [-0.1, -0.05) is 41.2 Å². The van der Waals surface area contributed by atoms with Crippen LogP contribution < -0.4 is 10.1 Å². The first-order chi connectivity index (χ1) is 15.0. The van der Waals surface area contributed by atoms with Crippen molar-refractivity contribution in [3.63, 3.8) is 0 Å². The lowest BCUT2D eigenvalue weighted by atomic mass is 10.2. The Hall–Kier alpha value is -3.26. The van der Waals surface area contributed by atoms with Gasteiger partial charge in [0.2, 0.25) is 5.01 Å². The van der Waals surface area contributed by atoms with Crippen LogP contribution in [0.2, 0.25) is 0 Å². The number of aromatic nitrogens is 2. The van der Waals surface area contributed by atoms with E-state index in [1.54, 1.807) is 4.90 Å². The Kier molecular flexibility index (Phi) is 6.27. The maximum atomic E-state index is 12.8. The third-order valence-corrected chi connectivity index (χ3v) is 6.18. The molecular formula is C23H24N4O3S. The lowest BCUT2D eigenvalue weighted by Crippen LogP contribution is -2.34. The summed E-state index contributed by atoms with van der Waals surface area (Å²) in [6, 6.07) is 15.0. The number of likely N-dealkylation sites (tertiary alicyclic amines) is 1. The molecule has 1 aliphatic heterocycles. The van der Waals surface area contributed by atoms with Crippen molar-refractivity contribution in [2.24, 2.45) is 0 Å². The SMILES string of the molecule is Cc1ccc(NC(=O)c2nnc(C3CCCN3C(=O)COc3cccc(C)c3)s2)cc1. The second-order valence-electron chi connectivity index (χ2n) is 7.62. The third kappa shape index (κ3) is 5.08. The molecule has 1 aromatic heterocycles. The number of hydrogen-bond donors (Lipinski definition) is 1. The average Bonchev–Trinajstić information content (AvgIpc) is 3.43. The second-order valence-corrected chi connectivity index (χ2v) is 8.63. The van der Waals surface area contributed by atoms with Crippen molar-refractivity contribution >= 4 is 28.8 Å². The predicted octanol–water partition coefficient (Wildman–Crippen LogP) is 4.15. The monoisotopic (exact) mass is 436 g/mol. The summed E-state index contributed by atoms with van der Waals surface area (Å²) in [5.74, 6) is 0.284. The molecule has 1 N–H and O–H groups in total. The number of amides is 2. The molecule has 1 saturated heterocycles. The molecule has 3 aromatic rings. The highest BCUT2D eigenvalue weighted by atomic mass is 32.1. The van der Waals surface area contributed by atoms with Gasteiger partial charge < -0.3 is 15.0 Å². The molecule has 2 amide bonds. The van der Waals surface area contributed by atoms with Gasteiger partial charge in [-0.3, -0.25) is 9.59 Å². The van der Waals surface area contributed by atoms with E-state index >= 15 is 0 Å². The predicted molar refractivity (Wildman–Crippen MR) is 119 cm³/mol. The molecule has 4 rings (SSSR count). The molecule has 1 atom stereocenters. The smallest absolute Gasteiger partial charge is 0.286 e. The molecular weight excluding hydrogens is 412 g/mol. The van der Waals surface area contributed by atoms with Crippen molar-refractivity contribution in [3.05, 3.63) is 69.7 Å². The summed E-state index contributed by atoms with van der Waals surface area (Å²) < 4.78 is 5.68. The van der Waals surface area contributed by atoms with Crippen molar-refractivity contribution < 1.29 is 14.3 Å². The fourth-order valence-corrected chi connectivity index (χ4v) is 4.42. The summed E-state index contributed by atoms with van der Waals surface area (Å²) in [7, 11) is 0. The van der Waals surface area contributed by atoms with Crippen molar-refractivity contribution in [2.75, 3.05) is 18.5 Å². The number of nitrogens with zero attached hydrogens (tertiary/aromatic N) is 3. The van der Waals surface area contributed by atoms with Gasteiger partial charge in [0, 0.05) is 12.2 Å². The molecule has 1 fully saturated rings. The first-order valence-electron chi connectivity index (χ1n) is 10.2. The molecule has 31 heavy (non-hydrogen) atoms. The van der Waals surface area contributed by atoms with Crippen LogP contribution in [0.15, 0.2) is 48.5 Å². The minimum Gasteiger partial charge on any atom is -0.484 e.